The van der Waals surface area contributed by atoms with Gasteiger partial charge in [-0.2, -0.15) is 0 Å². The lowest BCUT2D eigenvalue weighted by Crippen LogP contribution is -2.27. The van der Waals surface area contributed by atoms with Crippen LogP contribution in [0, 0.1) is 5.92 Å². The SMILES string of the molecule is CC(=O)CCc1cccc2c1O[C@H]1C[C@@H](O)[C@H](/C=C/CC(C)(C)Oc3ccccc3)[C@@H]21. The smallest absolute Gasteiger partial charge is 0.130 e. The fourth-order valence-corrected chi connectivity index (χ4v) is 4.83. The van der Waals surface area contributed by atoms with E-state index >= 15 is 0 Å². The second kappa shape index (κ2) is 8.88. The third-order valence-electron chi connectivity index (χ3n) is 6.34. The summed E-state index contributed by atoms with van der Waals surface area (Å²) >= 11 is 0. The van der Waals surface area contributed by atoms with Gasteiger partial charge in [-0.15, -0.1) is 0 Å². The molecule has 164 valence electrons. The van der Waals surface area contributed by atoms with E-state index in [1.165, 1.54) is 0 Å². The summed E-state index contributed by atoms with van der Waals surface area (Å²) in [6, 6.07) is 16.1. The topological polar surface area (TPSA) is 55.8 Å². The number of para-hydroxylation sites is 2. The number of aliphatic hydroxyl groups excluding tert-OH is 1. The molecule has 1 fully saturated rings. The number of carbonyl (C=O) groups is 1. The van der Waals surface area contributed by atoms with Crippen molar-refractivity contribution in [1.82, 2.24) is 0 Å². The van der Waals surface area contributed by atoms with Crippen LogP contribution in [0.25, 0.3) is 0 Å². The van der Waals surface area contributed by atoms with Gasteiger partial charge in [0.2, 0.25) is 0 Å². The van der Waals surface area contributed by atoms with Gasteiger partial charge >= 0.3 is 0 Å². The number of fused-ring (bicyclic) bond motifs is 3. The maximum absolute atomic E-state index is 11.4. The highest BCUT2D eigenvalue weighted by atomic mass is 16.5. The highest BCUT2D eigenvalue weighted by Crippen LogP contribution is 2.52. The Morgan fingerprint density at radius 1 is 1.19 bits per heavy atom. The first-order valence-corrected chi connectivity index (χ1v) is 11.2. The van der Waals surface area contributed by atoms with Crippen molar-refractivity contribution in [3.05, 3.63) is 71.8 Å². The Balaban J connectivity index is 1.47. The van der Waals surface area contributed by atoms with Crippen LogP contribution in [0.15, 0.2) is 60.7 Å². The van der Waals surface area contributed by atoms with Crippen LogP contribution in [0.2, 0.25) is 0 Å². The number of aliphatic hydroxyl groups is 1. The highest BCUT2D eigenvalue weighted by molar-refractivity contribution is 5.75. The lowest BCUT2D eigenvalue weighted by Gasteiger charge is -2.25. The highest BCUT2D eigenvalue weighted by Gasteiger charge is 2.48. The number of aryl methyl sites for hydroxylation is 1. The third kappa shape index (κ3) is 4.85. The Hall–Kier alpha value is -2.59. The van der Waals surface area contributed by atoms with Gasteiger partial charge < -0.3 is 19.4 Å². The van der Waals surface area contributed by atoms with Crippen LogP contribution in [0.4, 0.5) is 0 Å². The molecule has 0 radical (unpaired) electrons. The van der Waals surface area contributed by atoms with E-state index in [2.05, 4.69) is 32.1 Å². The Morgan fingerprint density at radius 2 is 1.97 bits per heavy atom. The average molecular weight is 421 g/mol. The first-order chi connectivity index (χ1) is 14.8. The minimum atomic E-state index is -0.418. The second-order valence-electron chi connectivity index (χ2n) is 9.41. The number of hydrogen-bond acceptors (Lipinski definition) is 4. The first-order valence-electron chi connectivity index (χ1n) is 11.2. The van der Waals surface area contributed by atoms with Gasteiger partial charge in [0.05, 0.1) is 6.10 Å². The zero-order chi connectivity index (χ0) is 22.0. The summed E-state index contributed by atoms with van der Waals surface area (Å²) in [5, 5.41) is 10.7. The van der Waals surface area contributed by atoms with Crippen LogP contribution in [-0.2, 0) is 11.2 Å². The predicted molar refractivity (Wildman–Crippen MR) is 122 cm³/mol. The predicted octanol–water partition coefficient (Wildman–Crippen LogP) is 5.24. The quantitative estimate of drug-likeness (QED) is 0.594. The molecule has 1 N–H and O–H groups in total. The van der Waals surface area contributed by atoms with E-state index < -0.39 is 6.10 Å². The molecular weight excluding hydrogens is 388 g/mol. The molecule has 1 heterocycles. The Kier molecular flexibility index (Phi) is 6.19. The van der Waals surface area contributed by atoms with Crippen molar-refractivity contribution in [3.8, 4) is 11.5 Å². The Labute approximate surface area is 184 Å². The number of carbonyl (C=O) groups excluding carboxylic acids is 1. The van der Waals surface area contributed by atoms with Gasteiger partial charge in [0, 0.05) is 36.7 Å². The van der Waals surface area contributed by atoms with Crippen molar-refractivity contribution in [2.75, 3.05) is 0 Å². The molecular formula is C27H32O4. The zero-order valence-corrected chi connectivity index (χ0v) is 18.6. The van der Waals surface area contributed by atoms with E-state index in [1.807, 2.05) is 42.5 Å². The molecule has 2 aliphatic rings. The van der Waals surface area contributed by atoms with Gasteiger partial charge in [-0.3, -0.25) is 0 Å². The second-order valence-corrected chi connectivity index (χ2v) is 9.41. The molecule has 0 saturated heterocycles. The van der Waals surface area contributed by atoms with Gasteiger partial charge in [-0.25, -0.2) is 0 Å². The fraction of sp³-hybridized carbons (Fsp3) is 0.444. The summed E-state index contributed by atoms with van der Waals surface area (Å²) in [6.45, 7) is 5.78. The molecule has 0 bridgehead atoms. The van der Waals surface area contributed by atoms with Gasteiger partial charge in [0.1, 0.15) is 29.0 Å². The van der Waals surface area contributed by atoms with Gasteiger partial charge in [-0.05, 0) is 44.9 Å². The molecule has 0 aromatic heterocycles. The molecule has 2 aromatic carbocycles. The number of ketones is 1. The normalized spacial score (nSPS) is 24.6. The lowest BCUT2D eigenvalue weighted by molar-refractivity contribution is -0.116. The number of ether oxygens (including phenoxy) is 2. The van der Waals surface area contributed by atoms with Crippen LogP contribution >= 0.6 is 0 Å². The van der Waals surface area contributed by atoms with E-state index in [-0.39, 0.29) is 29.3 Å². The molecule has 4 nitrogen and oxygen atoms in total. The molecule has 0 amide bonds. The van der Waals surface area contributed by atoms with Gasteiger partial charge in [0.25, 0.3) is 0 Å². The van der Waals surface area contributed by atoms with Gasteiger partial charge in [-0.1, -0.05) is 48.6 Å². The molecule has 31 heavy (non-hydrogen) atoms. The van der Waals surface area contributed by atoms with E-state index in [9.17, 15) is 9.90 Å². The zero-order valence-electron chi connectivity index (χ0n) is 18.6. The summed E-state index contributed by atoms with van der Waals surface area (Å²) < 4.78 is 12.4. The number of rotatable bonds is 8. The summed E-state index contributed by atoms with van der Waals surface area (Å²) in [6.07, 6.45) is 6.45. The van der Waals surface area contributed by atoms with Crippen LogP contribution < -0.4 is 9.47 Å². The lowest BCUT2D eigenvalue weighted by atomic mass is 9.86. The number of hydrogen-bond donors (Lipinski definition) is 1. The summed E-state index contributed by atoms with van der Waals surface area (Å²) in [7, 11) is 0. The maximum Gasteiger partial charge on any atom is 0.130 e. The Bertz CT molecular complexity index is 947. The summed E-state index contributed by atoms with van der Waals surface area (Å²) in [5.74, 6) is 2.14. The molecule has 0 spiro atoms. The van der Waals surface area contributed by atoms with Crippen molar-refractivity contribution in [1.29, 1.82) is 0 Å². The molecule has 1 aliphatic heterocycles. The first kappa shape index (κ1) is 21.6. The minimum Gasteiger partial charge on any atom is -0.489 e. The Morgan fingerprint density at radius 3 is 2.71 bits per heavy atom. The van der Waals surface area contributed by atoms with E-state index in [4.69, 9.17) is 9.47 Å². The average Bonchev–Trinajstić information content (AvgIpc) is 3.22. The van der Waals surface area contributed by atoms with E-state index in [0.717, 1.165) is 29.0 Å². The van der Waals surface area contributed by atoms with Crippen LogP contribution in [-0.4, -0.2) is 28.7 Å². The minimum absolute atomic E-state index is 0.00768. The summed E-state index contributed by atoms with van der Waals surface area (Å²) in [4.78, 5) is 11.4. The van der Waals surface area contributed by atoms with Crippen molar-refractivity contribution in [2.45, 2.75) is 70.2 Å². The van der Waals surface area contributed by atoms with Crippen molar-refractivity contribution >= 4 is 5.78 Å². The van der Waals surface area contributed by atoms with E-state index in [1.54, 1.807) is 6.92 Å². The summed E-state index contributed by atoms with van der Waals surface area (Å²) in [5.41, 5.74) is 1.92. The maximum atomic E-state index is 11.4. The third-order valence-corrected chi connectivity index (χ3v) is 6.34. The van der Waals surface area contributed by atoms with Gasteiger partial charge in [0.15, 0.2) is 0 Å². The molecule has 4 atom stereocenters. The molecule has 0 unspecified atom stereocenters. The van der Waals surface area contributed by atoms with Crippen molar-refractivity contribution in [2.24, 2.45) is 5.92 Å². The molecule has 1 saturated carbocycles. The largest absolute Gasteiger partial charge is 0.489 e. The number of Topliss-reactive ketones (excluding diaryl/α,β-unsaturated/α-hetero) is 1. The van der Waals surface area contributed by atoms with Crippen molar-refractivity contribution < 1.29 is 19.4 Å². The molecule has 4 rings (SSSR count). The standard InChI is InChI=1S/C27H32O4/c1-18(28)14-15-19-9-7-12-22-25-21(23(29)17-24(25)30-26(19)22)13-8-16-27(2,3)31-20-10-5-4-6-11-20/h4-13,21,23-25,29H,14-17H2,1-3H3/b13-8+/t21-,23+,24-,25-/m0/s1. The van der Waals surface area contributed by atoms with Crippen molar-refractivity contribution in [3.63, 3.8) is 0 Å². The van der Waals surface area contributed by atoms with Crippen LogP contribution in [0.1, 0.15) is 57.1 Å². The van der Waals surface area contributed by atoms with E-state index in [0.29, 0.717) is 19.3 Å². The monoisotopic (exact) mass is 420 g/mol. The van der Waals surface area contributed by atoms with Crippen LogP contribution in [0.3, 0.4) is 0 Å². The van der Waals surface area contributed by atoms with Crippen LogP contribution in [0.5, 0.6) is 11.5 Å². The fourth-order valence-electron chi connectivity index (χ4n) is 4.83. The number of benzene rings is 2. The molecule has 1 aliphatic carbocycles. The molecule has 2 aromatic rings. The molecule has 4 heteroatoms.